The van der Waals surface area contributed by atoms with Gasteiger partial charge < -0.3 is 10.6 Å². The normalized spacial score (nSPS) is 16.5. The van der Waals surface area contributed by atoms with Crippen LogP contribution in [0.15, 0.2) is 17.4 Å². The molecule has 0 spiro atoms. The number of aliphatic imine (C=N–C) groups is 1. The van der Waals surface area contributed by atoms with Crippen molar-refractivity contribution in [2.24, 2.45) is 10.9 Å². The molecule has 2 N–H and O–H groups in total. The van der Waals surface area contributed by atoms with Crippen LogP contribution in [-0.2, 0) is 6.54 Å². The average Bonchev–Trinajstić information content (AvgIpc) is 3.17. The molecule has 1 aromatic heterocycles. The zero-order valence-electron chi connectivity index (χ0n) is 13.1. The Balaban J connectivity index is 1.67. The highest BCUT2D eigenvalue weighted by Crippen LogP contribution is 2.28. The number of aromatic nitrogens is 2. The molecule has 0 saturated heterocycles. The minimum atomic E-state index is -2.57. The molecule has 0 radical (unpaired) electrons. The van der Waals surface area contributed by atoms with E-state index in [-0.39, 0.29) is 6.54 Å². The van der Waals surface area contributed by atoms with E-state index in [0.717, 1.165) is 23.5 Å². The molecule has 2 rings (SSSR count). The third kappa shape index (κ3) is 4.96. The van der Waals surface area contributed by atoms with Crippen LogP contribution >= 0.6 is 0 Å². The van der Waals surface area contributed by atoms with Gasteiger partial charge >= 0.3 is 6.55 Å². The van der Waals surface area contributed by atoms with E-state index in [1.165, 1.54) is 44.5 Å². The second kappa shape index (κ2) is 8.70. The number of rotatable bonds is 7. The first-order valence-electron chi connectivity index (χ1n) is 7.95. The summed E-state index contributed by atoms with van der Waals surface area (Å²) in [5, 5.41) is 6.24. The van der Waals surface area contributed by atoms with E-state index < -0.39 is 6.55 Å². The van der Waals surface area contributed by atoms with Crippen molar-refractivity contribution < 1.29 is 8.78 Å². The lowest BCUT2D eigenvalue weighted by molar-refractivity contribution is 0.0668. The number of alkyl halides is 2. The van der Waals surface area contributed by atoms with Crippen LogP contribution in [0.25, 0.3) is 0 Å². The molecule has 1 aliphatic rings. The molecule has 0 aromatic carbocycles. The fraction of sp³-hybridized carbons (Fsp3) is 0.733. The second-order valence-corrected chi connectivity index (χ2v) is 5.67. The molecule has 1 fully saturated rings. The zero-order chi connectivity index (χ0) is 15.8. The van der Waals surface area contributed by atoms with Crippen molar-refractivity contribution in [1.29, 1.82) is 0 Å². The topological polar surface area (TPSA) is 54.2 Å². The summed E-state index contributed by atoms with van der Waals surface area (Å²) in [6, 6.07) is 0. The molecule has 7 heteroatoms. The van der Waals surface area contributed by atoms with Crippen molar-refractivity contribution in [1.82, 2.24) is 20.2 Å². The molecule has 1 aromatic rings. The third-order valence-electron chi connectivity index (χ3n) is 4.15. The molecule has 124 valence electrons. The molecule has 0 aliphatic heterocycles. The predicted octanol–water partition coefficient (Wildman–Crippen LogP) is 2.91. The van der Waals surface area contributed by atoms with Gasteiger partial charge in [0.05, 0.1) is 6.54 Å². The van der Waals surface area contributed by atoms with E-state index >= 15 is 0 Å². The number of nitrogens with zero attached hydrogens (tertiary/aromatic N) is 3. The minimum Gasteiger partial charge on any atom is -0.356 e. The van der Waals surface area contributed by atoms with Gasteiger partial charge in [0.25, 0.3) is 0 Å². The van der Waals surface area contributed by atoms with Gasteiger partial charge in [0, 0.05) is 26.0 Å². The Morgan fingerprint density at radius 3 is 2.86 bits per heavy atom. The summed E-state index contributed by atoms with van der Waals surface area (Å²) in [7, 11) is 1.67. The smallest absolute Gasteiger partial charge is 0.319 e. The molecular formula is C15H25F2N5. The van der Waals surface area contributed by atoms with Crippen molar-refractivity contribution >= 4 is 5.96 Å². The van der Waals surface area contributed by atoms with Gasteiger partial charge in [0.1, 0.15) is 5.82 Å². The lowest BCUT2D eigenvalue weighted by Gasteiger charge is -2.13. The molecule has 1 heterocycles. The summed E-state index contributed by atoms with van der Waals surface area (Å²) in [6.07, 6.45) is 10.5. The van der Waals surface area contributed by atoms with Crippen molar-refractivity contribution in [3.63, 3.8) is 0 Å². The Labute approximate surface area is 130 Å². The highest BCUT2D eigenvalue weighted by molar-refractivity contribution is 5.79. The van der Waals surface area contributed by atoms with Crippen LogP contribution in [0.2, 0.25) is 0 Å². The summed E-state index contributed by atoms with van der Waals surface area (Å²) in [6.45, 7) is -1.50. The van der Waals surface area contributed by atoms with Gasteiger partial charge in [-0.1, -0.05) is 25.7 Å². The minimum absolute atomic E-state index is 0.222. The van der Waals surface area contributed by atoms with Gasteiger partial charge in [-0.25, -0.2) is 4.98 Å². The molecular weight excluding hydrogens is 288 g/mol. The maximum atomic E-state index is 12.7. The summed E-state index contributed by atoms with van der Waals surface area (Å²) >= 11 is 0. The standard InChI is InChI=1S/C15H25F2N5/c1-18-15(20-8-4-7-12-5-2-3-6-12)21-11-13-19-9-10-22(13)14(16)17/h9-10,12,14H,2-8,11H2,1H3,(H2,18,20,21). The van der Waals surface area contributed by atoms with Gasteiger partial charge in [-0.2, -0.15) is 8.78 Å². The molecule has 1 aliphatic carbocycles. The van der Waals surface area contributed by atoms with Crippen molar-refractivity contribution in [3.8, 4) is 0 Å². The maximum Gasteiger partial charge on any atom is 0.319 e. The van der Waals surface area contributed by atoms with Crippen molar-refractivity contribution in [2.75, 3.05) is 13.6 Å². The summed E-state index contributed by atoms with van der Waals surface area (Å²) < 4.78 is 26.3. The maximum absolute atomic E-state index is 12.7. The fourth-order valence-electron chi connectivity index (χ4n) is 2.94. The number of imidazole rings is 1. The van der Waals surface area contributed by atoms with E-state index in [0.29, 0.717) is 11.8 Å². The van der Waals surface area contributed by atoms with Gasteiger partial charge in [-0.05, 0) is 18.8 Å². The highest BCUT2D eigenvalue weighted by atomic mass is 19.3. The van der Waals surface area contributed by atoms with Crippen molar-refractivity contribution in [2.45, 2.75) is 51.6 Å². The van der Waals surface area contributed by atoms with Crippen LogP contribution in [0, 0.1) is 5.92 Å². The first-order valence-corrected chi connectivity index (χ1v) is 7.95. The highest BCUT2D eigenvalue weighted by Gasteiger charge is 2.14. The Kier molecular flexibility index (Phi) is 6.61. The number of hydrogen-bond donors (Lipinski definition) is 2. The second-order valence-electron chi connectivity index (χ2n) is 5.67. The summed E-state index contributed by atoms with van der Waals surface area (Å²) in [4.78, 5) is 8.03. The van der Waals surface area contributed by atoms with Gasteiger partial charge in [-0.15, -0.1) is 0 Å². The number of hydrogen-bond acceptors (Lipinski definition) is 2. The lowest BCUT2D eigenvalue weighted by Crippen LogP contribution is -2.38. The molecule has 22 heavy (non-hydrogen) atoms. The molecule has 1 saturated carbocycles. The van der Waals surface area contributed by atoms with E-state index in [9.17, 15) is 8.78 Å². The molecule has 0 atom stereocenters. The average molecular weight is 313 g/mol. The summed E-state index contributed by atoms with van der Waals surface area (Å²) in [5.74, 6) is 1.80. The first kappa shape index (κ1) is 16.7. The number of guanidine groups is 1. The van der Waals surface area contributed by atoms with Crippen LogP contribution in [0.3, 0.4) is 0 Å². The number of halogens is 2. The SMILES string of the molecule is CN=C(NCCCC1CCCC1)NCc1nccn1C(F)F. The van der Waals surface area contributed by atoms with Crippen molar-refractivity contribution in [3.05, 3.63) is 18.2 Å². The Morgan fingerprint density at radius 1 is 1.41 bits per heavy atom. The first-order chi connectivity index (χ1) is 10.7. The third-order valence-corrected chi connectivity index (χ3v) is 4.15. The van der Waals surface area contributed by atoms with Crippen LogP contribution in [0.5, 0.6) is 0 Å². The van der Waals surface area contributed by atoms with Crippen LogP contribution in [0.1, 0.15) is 50.9 Å². The Hall–Kier alpha value is -1.66. The molecule has 0 unspecified atom stereocenters. The van der Waals surface area contributed by atoms with Crippen LogP contribution in [0.4, 0.5) is 8.78 Å². The number of nitrogens with one attached hydrogen (secondary N) is 2. The van der Waals surface area contributed by atoms with E-state index in [4.69, 9.17) is 0 Å². The summed E-state index contributed by atoms with van der Waals surface area (Å²) in [5.41, 5.74) is 0. The van der Waals surface area contributed by atoms with Gasteiger partial charge in [0.2, 0.25) is 0 Å². The van der Waals surface area contributed by atoms with Gasteiger partial charge in [0.15, 0.2) is 5.96 Å². The van der Waals surface area contributed by atoms with E-state index in [2.05, 4.69) is 20.6 Å². The van der Waals surface area contributed by atoms with Gasteiger partial charge in [-0.3, -0.25) is 9.56 Å². The van der Waals surface area contributed by atoms with Crippen LogP contribution < -0.4 is 10.6 Å². The van der Waals surface area contributed by atoms with E-state index in [1.807, 2.05) is 0 Å². The monoisotopic (exact) mass is 313 g/mol. The predicted molar refractivity (Wildman–Crippen MR) is 82.9 cm³/mol. The van der Waals surface area contributed by atoms with E-state index in [1.54, 1.807) is 7.05 Å². The van der Waals surface area contributed by atoms with Crippen LogP contribution in [-0.4, -0.2) is 29.1 Å². The molecule has 5 nitrogen and oxygen atoms in total. The Morgan fingerprint density at radius 2 is 2.18 bits per heavy atom. The largest absolute Gasteiger partial charge is 0.356 e. The fourth-order valence-corrected chi connectivity index (χ4v) is 2.94. The molecule has 0 amide bonds. The molecule has 0 bridgehead atoms. The zero-order valence-corrected chi connectivity index (χ0v) is 13.1. The lowest BCUT2D eigenvalue weighted by atomic mass is 10.0. The Bertz CT molecular complexity index is 466. The quantitative estimate of drug-likeness (QED) is 0.462.